The molecule has 0 radical (unpaired) electrons. The van der Waals surface area contributed by atoms with Crippen molar-refractivity contribution in [2.24, 2.45) is 0 Å². The predicted octanol–water partition coefficient (Wildman–Crippen LogP) is 7.57. The molecule has 1 heterocycles. The molecule has 0 bridgehead atoms. The highest BCUT2D eigenvalue weighted by Gasteiger charge is 2.15. The van der Waals surface area contributed by atoms with Gasteiger partial charge in [-0.05, 0) is 60.5 Å². The lowest BCUT2D eigenvalue weighted by atomic mass is 9.99. The first-order valence-electron chi connectivity index (χ1n) is 9.55. The number of ether oxygens (including phenoxy) is 1. The maximum absolute atomic E-state index is 12.5. The molecule has 0 fully saturated rings. The number of carbonyl (C=O) groups excluding carboxylic acids is 1. The number of carbonyl (C=O) groups is 1. The van der Waals surface area contributed by atoms with Gasteiger partial charge in [0.2, 0.25) is 5.91 Å². The molecule has 0 saturated heterocycles. The minimum Gasteiger partial charge on any atom is -0.496 e. The summed E-state index contributed by atoms with van der Waals surface area (Å²) < 4.78 is 12.4. The van der Waals surface area contributed by atoms with E-state index in [1.54, 1.807) is 43.7 Å². The fourth-order valence-electron chi connectivity index (χ4n) is 3.37. The lowest BCUT2D eigenvalue weighted by Crippen LogP contribution is -2.08. The molecule has 0 saturated carbocycles. The van der Waals surface area contributed by atoms with Crippen molar-refractivity contribution in [2.75, 3.05) is 12.4 Å². The standard InChI is InChI=1S/C25H19BrClNO3/c1-15(11-25(29)28-19-9-7-18(27)8-10-19)20-12-21-22(16-3-5-17(26)6-4-16)14-31-24(21)13-23(20)30-2/h3-14H,1-2H3,(H,28,29)/b15-11+. The lowest BCUT2D eigenvalue weighted by Gasteiger charge is -2.10. The van der Waals surface area contributed by atoms with Gasteiger partial charge >= 0.3 is 0 Å². The number of hydrogen-bond donors (Lipinski definition) is 1. The zero-order valence-corrected chi connectivity index (χ0v) is 19.3. The maximum Gasteiger partial charge on any atom is 0.248 e. The van der Waals surface area contributed by atoms with E-state index in [0.29, 0.717) is 16.5 Å². The van der Waals surface area contributed by atoms with Crippen LogP contribution in [0.25, 0.3) is 27.7 Å². The predicted molar refractivity (Wildman–Crippen MR) is 130 cm³/mol. The number of fused-ring (bicyclic) bond motifs is 1. The van der Waals surface area contributed by atoms with Crippen LogP contribution in [-0.2, 0) is 4.79 Å². The van der Waals surface area contributed by atoms with Crippen molar-refractivity contribution in [3.8, 4) is 16.9 Å². The first kappa shape index (κ1) is 21.2. The van der Waals surface area contributed by atoms with Crippen LogP contribution in [0.3, 0.4) is 0 Å². The molecule has 4 rings (SSSR count). The highest BCUT2D eigenvalue weighted by atomic mass is 79.9. The van der Waals surface area contributed by atoms with E-state index in [9.17, 15) is 4.79 Å². The van der Waals surface area contributed by atoms with E-state index in [4.69, 9.17) is 20.8 Å². The van der Waals surface area contributed by atoms with Crippen molar-refractivity contribution >= 4 is 55.7 Å². The Balaban J connectivity index is 1.70. The minimum atomic E-state index is -0.234. The molecule has 31 heavy (non-hydrogen) atoms. The number of hydrogen-bond acceptors (Lipinski definition) is 3. The summed E-state index contributed by atoms with van der Waals surface area (Å²) in [5.74, 6) is 0.402. The largest absolute Gasteiger partial charge is 0.496 e. The van der Waals surface area contributed by atoms with Crippen molar-refractivity contribution in [3.05, 3.63) is 88.1 Å². The third kappa shape index (κ3) is 4.68. The van der Waals surface area contributed by atoms with Gasteiger partial charge in [-0.25, -0.2) is 0 Å². The number of furan rings is 1. The fourth-order valence-corrected chi connectivity index (χ4v) is 3.76. The molecular formula is C25H19BrClNO3. The zero-order chi connectivity index (χ0) is 22.0. The normalized spacial score (nSPS) is 11.5. The molecule has 0 atom stereocenters. The van der Waals surface area contributed by atoms with Crippen LogP contribution in [0, 0.1) is 0 Å². The Hall–Kier alpha value is -3.02. The summed E-state index contributed by atoms with van der Waals surface area (Å²) in [5.41, 5.74) is 5.00. The molecule has 0 aliphatic rings. The second-order valence-corrected chi connectivity index (χ2v) is 8.38. The van der Waals surface area contributed by atoms with Crippen LogP contribution in [0.4, 0.5) is 5.69 Å². The number of allylic oxidation sites excluding steroid dienone is 1. The first-order chi connectivity index (χ1) is 14.9. The van der Waals surface area contributed by atoms with Crippen molar-refractivity contribution in [1.29, 1.82) is 0 Å². The summed E-state index contributed by atoms with van der Waals surface area (Å²) in [7, 11) is 1.60. The van der Waals surface area contributed by atoms with Gasteiger partial charge in [-0.3, -0.25) is 4.79 Å². The van der Waals surface area contributed by atoms with Crippen LogP contribution < -0.4 is 10.1 Å². The van der Waals surface area contributed by atoms with Gasteiger partial charge in [-0.2, -0.15) is 0 Å². The molecule has 1 aromatic heterocycles. The molecule has 0 spiro atoms. The molecular weight excluding hydrogens is 478 g/mol. The van der Waals surface area contributed by atoms with Crippen molar-refractivity contribution in [1.82, 2.24) is 0 Å². The summed E-state index contributed by atoms with van der Waals surface area (Å²) in [5, 5.41) is 4.41. The SMILES string of the molecule is COc1cc2occ(-c3ccc(Br)cc3)c2cc1/C(C)=C/C(=O)Nc1ccc(Cl)cc1. The summed E-state index contributed by atoms with van der Waals surface area (Å²) in [6.07, 6.45) is 3.29. The zero-order valence-electron chi connectivity index (χ0n) is 16.9. The van der Waals surface area contributed by atoms with Gasteiger partial charge in [0.15, 0.2) is 0 Å². The Kier molecular flexibility index (Phi) is 6.16. The Morgan fingerprint density at radius 1 is 1.10 bits per heavy atom. The number of benzene rings is 3. The summed E-state index contributed by atoms with van der Waals surface area (Å²) in [6.45, 7) is 1.88. The molecule has 0 aliphatic heterocycles. The minimum absolute atomic E-state index is 0.234. The highest BCUT2D eigenvalue weighted by molar-refractivity contribution is 9.10. The second-order valence-electron chi connectivity index (χ2n) is 7.03. The molecule has 1 N–H and O–H groups in total. The molecule has 1 amide bonds. The van der Waals surface area contributed by atoms with Gasteiger partial charge in [0.05, 0.1) is 13.4 Å². The molecule has 3 aromatic carbocycles. The Morgan fingerprint density at radius 2 is 1.81 bits per heavy atom. The van der Waals surface area contributed by atoms with Gasteiger partial charge in [-0.1, -0.05) is 39.7 Å². The number of amides is 1. The van der Waals surface area contributed by atoms with E-state index in [1.165, 1.54) is 0 Å². The van der Waals surface area contributed by atoms with Crippen LogP contribution >= 0.6 is 27.5 Å². The number of methoxy groups -OCH3 is 1. The highest BCUT2D eigenvalue weighted by Crippen LogP contribution is 2.37. The van der Waals surface area contributed by atoms with Gasteiger partial charge in [0, 0.05) is 43.8 Å². The van der Waals surface area contributed by atoms with Crippen LogP contribution in [0.2, 0.25) is 5.02 Å². The Labute approximate surface area is 193 Å². The van der Waals surface area contributed by atoms with E-state index in [0.717, 1.165) is 37.7 Å². The van der Waals surface area contributed by atoms with Crippen LogP contribution in [0.15, 0.2) is 81.9 Å². The van der Waals surface area contributed by atoms with Crippen LogP contribution in [0.1, 0.15) is 12.5 Å². The lowest BCUT2D eigenvalue weighted by molar-refractivity contribution is -0.111. The molecule has 6 heteroatoms. The summed E-state index contributed by atoms with van der Waals surface area (Å²) in [6, 6.07) is 18.9. The maximum atomic E-state index is 12.5. The van der Waals surface area contributed by atoms with Gasteiger partial charge < -0.3 is 14.5 Å². The van der Waals surface area contributed by atoms with Crippen LogP contribution in [-0.4, -0.2) is 13.0 Å². The van der Waals surface area contributed by atoms with E-state index < -0.39 is 0 Å². The summed E-state index contributed by atoms with van der Waals surface area (Å²) >= 11 is 9.37. The van der Waals surface area contributed by atoms with Gasteiger partial charge in [-0.15, -0.1) is 0 Å². The third-order valence-electron chi connectivity index (χ3n) is 4.94. The van der Waals surface area contributed by atoms with Crippen molar-refractivity contribution in [3.63, 3.8) is 0 Å². The summed E-state index contributed by atoms with van der Waals surface area (Å²) in [4.78, 5) is 12.5. The molecule has 4 nitrogen and oxygen atoms in total. The quantitative estimate of drug-likeness (QED) is 0.290. The number of rotatable bonds is 5. The molecule has 156 valence electrons. The smallest absolute Gasteiger partial charge is 0.248 e. The molecule has 0 aliphatic carbocycles. The van der Waals surface area contributed by atoms with E-state index in [-0.39, 0.29) is 5.91 Å². The third-order valence-corrected chi connectivity index (χ3v) is 5.72. The van der Waals surface area contributed by atoms with E-state index in [1.807, 2.05) is 43.3 Å². The topological polar surface area (TPSA) is 51.5 Å². The number of nitrogens with one attached hydrogen (secondary N) is 1. The number of anilines is 1. The van der Waals surface area contributed by atoms with E-state index in [2.05, 4.69) is 21.2 Å². The molecule has 4 aromatic rings. The van der Waals surface area contributed by atoms with Gasteiger partial charge in [0.25, 0.3) is 0 Å². The average molecular weight is 497 g/mol. The van der Waals surface area contributed by atoms with Crippen molar-refractivity contribution < 1.29 is 13.9 Å². The van der Waals surface area contributed by atoms with Gasteiger partial charge in [0.1, 0.15) is 11.3 Å². The second kappa shape index (κ2) is 9.00. The average Bonchev–Trinajstić information content (AvgIpc) is 3.17. The number of halogens is 2. The van der Waals surface area contributed by atoms with Crippen molar-refractivity contribution in [2.45, 2.75) is 6.92 Å². The molecule has 0 unspecified atom stereocenters. The van der Waals surface area contributed by atoms with Crippen LogP contribution in [0.5, 0.6) is 5.75 Å². The first-order valence-corrected chi connectivity index (χ1v) is 10.7. The Bertz CT molecular complexity index is 1270. The van der Waals surface area contributed by atoms with E-state index >= 15 is 0 Å². The monoisotopic (exact) mass is 495 g/mol. The fraction of sp³-hybridized carbons (Fsp3) is 0.0800. The Morgan fingerprint density at radius 3 is 2.48 bits per heavy atom.